The molecule has 0 aromatic heterocycles. The molecule has 0 atom stereocenters. The van der Waals surface area contributed by atoms with Crippen LogP contribution in [0.5, 0.6) is 0 Å². The first-order valence-corrected chi connectivity index (χ1v) is 5.99. The molecule has 0 spiro atoms. The van der Waals surface area contributed by atoms with Crippen molar-refractivity contribution in [2.24, 2.45) is 10.8 Å². The zero-order valence-electron chi connectivity index (χ0n) is 12.9. The molecule has 0 rings (SSSR count). The van der Waals surface area contributed by atoms with Crippen LogP contribution in [0.1, 0.15) is 41.5 Å². The van der Waals surface area contributed by atoms with E-state index in [4.69, 9.17) is 0 Å². The summed E-state index contributed by atoms with van der Waals surface area (Å²) in [5.41, 5.74) is 3.14. The van der Waals surface area contributed by atoms with Crippen molar-refractivity contribution < 1.29 is 0 Å². The Balaban J connectivity index is 5.87. The van der Waals surface area contributed by atoms with E-state index in [1.165, 1.54) is 11.4 Å². The van der Waals surface area contributed by atoms with Crippen LogP contribution in [0.25, 0.3) is 0 Å². The summed E-state index contributed by atoms with van der Waals surface area (Å²) in [6.07, 6.45) is 0. The van der Waals surface area contributed by atoms with Crippen LogP contribution in [0.4, 0.5) is 0 Å². The average molecular weight is 226 g/mol. The summed E-state index contributed by atoms with van der Waals surface area (Å²) in [7, 11) is 8.54. The third kappa shape index (κ3) is 3.73. The summed E-state index contributed by atoms with van der Waals surface area (Å²) in [5.74, 6) is 0. The van der Waals surface area contributed by atoms with Gasteiger partial charge in [0.25, 0.3) is 0 Å². The van der Waals surface area contributed by atoms with Gasteiger partial charge in [-0.15, -0.1) is 0 Å². The highest BCUT2D eigenvalue weighted by Crippen LogP contribution is 2.38. The van der Waals surface area contributed by atoms with Crippen LogP contribution in [-0.4, -0.2) is 38.0 Å². The summed E-state index contributed by atoms with van der Waals surface area (Å²) < 4.78 is 0. The number of nitrogens with zero attached hydrogens (tertiary/aromatic N) is 2. The van der Waals surface area contributed by atoms with Crippen LogP contribution in [0.3, 0.4) is 0 Å². The maximum Gasteiger partial charge on any atom is 0.0382 e. The second-order valence-corrected chi connectivity index (χ2v) is 6.99. The minimum absolute atomic E-state index is 0.163. The predicted octanol–water partition coefficient (Wildman–Crippen LogP) is 3.41. The van der Waals surface area contributed by atoms with Crippen molar-refractivity contribution in [2.75, 3.05) is 28.2 Å². The average Bonchev–Trinajstić information content (AvgIpc) is 1.92. The smallest absolute Gasteiger partial charge is 0.0382 e. The van der Waals surface area contributed by atoms with Gasteiger partial charge in [-0.05, 0) is 0 Å². The van der Waals surface area contributed by atoms with Crippen molar-refractivity contribution in [3.63, 3.8) is 0 Å². The normalized spacial score (nSPS) is 14.6. The van der Waals surface area contributed by atoms with Gasteiger partial charge in [0, 0.05) is 50.4 Å². The van der Waals surface area contributed by atoms with E-state index in [1.54, 1.807) is 0 Å². The fourth-order valence-electron chi connectivity index (χ4n) is 2.48. The van der Waals surface area contributed by atoms with Gasteiger partial charge < -0.3 is 9.80 Å². The Morgan fingerprint density at radius 3 is 0.812 bits per heavy atom. The fraction of sp³-hybridized carbons (Fsp3) is 0.857. The van der Waals surface area contributed by atoms with Gasteiger partial charge in [0.1, 0.15) is 0 Å². The van der Waals surface area contributed by atoms with Gasteiger partial charge in [0.15, 0.2) is 0 Å². The van der Waals surface area contributed by atoms with E-state index in [0.29, 0.717) is 0 Å². The lowest BCUT2D eigenvalue weighted by molar-refractivity contribution is 0.272. The van der Waals surface area contributed by atoms with Crippen LogP contribution >= 0.6 is 0 Å². The zero-order valence-corrected chi connectivity index (χ0v) is 12.9. The van der Waals surface area contributed by atoms with E-state index in [1.807, 2.05) is 0 Å². The van der Waals surface area contributed by atoms with Gasteiger partial charge in [-0.25, -0.2) is 0 Å². The topological polar surface area (TPSA) is 6.48 Å². The first kappa shape index (κ1) is 15.3. The number of rotatable bonds is 2. The molecule has 16 heavy (non-hydrogen) atoms. The molecule has 96 valence electrons. The van der Waals surface area contributed by atoms with Gasteiger partial charge in [0.05, 0.1) is 0 Å². The van der Waals surface area contributed by atoms with Crippen LogP contribution in [0.2, 0.25) is 0 Å². The van der Waals surface area contributed by atoms with E-state index in [9.17, 15) is 0 Å². The highest BCUT2D eigenvalue weighted by atomic mass is 15.2. The molecule has 0 aromatic rings. The van der Waals surface area contributed by atoms with E-state index >= 15 is 0 Å². The molecule has 0 aliphatic carbocycles. The lowest BCUT2D eigenvalue weighted by Crippen LogP contribution is -2.34. The Bertz CT molecular complexity index is 231. The van der Waals surface area contributed by atoms with Crippen LogP contribution in [0, 0.1) is 10.8 Å². The highest BCUT2D eigenvalue weighted by molar-refractivity contribution is 5.22. The Hall–Kier alpha value is -0.660. The van der Waals surface area contributed by atoms with Gasteiger partial charge in [-0.3, -0.25) is 0 Å². The second-order valence-electron chi connectivity index (χ2n) is 6.99. The molecule has 0 unspecified atom stereocenters. The second kappa shape index (κ2) is 4.68. The molecule has 0 aliphatic rings. The van der Waals surface area contributed by atoms with Crippen LogP contribution in [-0.2, 0) is 0 Å². The van der Waals surface area contributed by atoms with Crippen molar-refractivity contribution in [3.8, 4) is 0 Å². The summed E-state index contributed by atoms with van der Waals surface area (Å²) in [6.45, 7) is 13.7. The maximum atomic E-state index is 2.28. The molecule has 0 bridgehead atoms. The Kier molecular flexibility index (Phi) is 4.49. The first-order chi connectivity index (χ1) is 6.89. The van der Waals surface area contributed by atoms with Crippen molar-refractivity contribution in [1.29, 1.82) is 0 Å². The third-order valence-electron chi connectivity index (χ3n) is 2.54. The van der Waals surface area contributed by atoms with Crippen LogP contribution < -0.4 is 0 Å². The summed E-state index contributed by atoms with van der Waals surface area (Å²) in [6, 6.07) is 0. The molecule has 0 aliphatic heterocycles. The van der Waals surface area contributed by atoms with E-state index in [0.717, 1.165) is 0 Å². The largest absolute Gasteiger partial charge is 0.379 e. The fourth-order valence-corrected chi connectivity index (χ4v) is 2.48. The standard InChI is InChI=1S/C14H30N2/c1-13(2,3)11(15(7)8)12(16(9)10)14(4,5)6/h1-10H3. The summed E-state index contributed by atoms with van der Waals surface area (Å²) in [5, 5.41) is 0. The molecule has 2 heteroatoms. The molecule has 0 heterocycles. The van der Waals surface area contributed by atoms with Gasteiger partial charge in [-0.1, -0.05) is 41.5 Å². The van der Waals surface area contributed by atoms with Crippen molar-refractivity contribution in [2.45, 2.75) is 41.5 Å². The minimum atomic E-state index is 0.163. The Labute approximate surface area is 102 Å². The molecule has 0 saturated carbocycles. The van der Waals surface area contributed by atoms with Gasteiger partial charge in [0.2, 0.25) is 0 Å². The molecular formula is C14H30N2. The molecule has 0 N–H and O–H groups in total. The first-order valence-electron chi connectivity index (χ1n) is 5.99. The molecule has 2 nitrogen and oxygen atoms in total. The van der Waals surface area contributed by atoms with Crippen molar-refractivity contribution in [1.82, 2.24) is 9.80 Å². The highest BCUT2D eigenvalue weighted by Gasteiger charge is 2.30. The van der Waals surface area contributed by atoms with E-state index < -0.39 is 0 Å². The third-order valence-corrected chi connectivity index (χ3v) is 2.54. The number of hydrogen-bond donors (Lipinski definition) is 0. The molecule has 0 fully saturated rings. The lowest BCUT2D eigenvalue weighted by Gasteiger charge is -2.40. The van der Waals surface area contributed by atoms with Crippen molar-refractivity contribution in [3.05, 3.63) is 11.4 Å². The molecular weight excluding hydrogens is 196 g/mol. The quantitative estimate of drug-likeness (QED) is 0.712. The number of hydrogen-bond acceptors (Lipinski definition) is 2. The lowest BCUT2D eigenvalue weighted by atomic mass is 9.81. The SMILES string of the molecule is CN(C)C(=C(N(C)C)C(C)(C)C)C(C)(C)C. The van der Waals surface area contributed by atoms with E-state index in [2.05, 4.69) is 79.5 Å². The Morgan fingerprint density at radius 1 is 0.562 bits per heavy atom. The Morgan fingerprint density at radius 2 is 0.750 bits per heavy atom. The van der Waals surface area contributed by atoms with Crippen LogP contribution in [0.15, 0.2) is 11.4 Å². The van der Waals surface area contributed by atoms with Gasteiger partial charge >= 0.3 is 0 Å². The molecule has 0 radical (unpaired) electrons. The zero-order chi connectivity index (χ0) is 13.3. The molecule has 0 aromatic carbocycles. The molecule has 0 saturated heterocycles. The summed E-state index contributed by atoms with van der Waals surface area (Å²) >= 11 is 0. The van der Waals surface area contributed by atoms with E-state index in [-0.39, 0.29) is 10.8 Å². The monoisotopic (exact) mass is 226 g/mol. The summed E-state index contributed by atoms with van der Waals surface area (Å²) in [4.78, 5) is 4.50. The van der Waals surface area contributed by atoms with Gasteiger partial charge in [-0.2, -0.15) is 0 Å². The maximum absolute atomic E-state index is 2.28. The van der Waals surface area contributed by atoms with Crippen molar-refractivity contribution >= 4 is 0 Å². The minimum Gasteiger partial charge on any atom is -0.379 e. The number of allylic oxidation sites excluding steroid dienone is 2. The predicted molar refractivity (Wildman–Crippen MR) is 73.3 cm³/mol. The molecule has 0 amide bonds.